The maximum atomic E-state index is 10.7. The van der Waals surface area contributed by atoms with Gasteiger partial charge in [0.1, 0.15) is 0 Å². The van der Waals surface area contributed by atoms with Gasteiger partial charge in [0.25, 0.3) is 0 Å². The van der Waals surface area contributed by atoms with Crippen LogP contribution in [0.25, 0.3) is 0 Å². The van der Waals surface area contributed by atoms with Gasteiger partial charge in [-0.25, -0.2) is 4.98 Å². The van der Waals surface area contributed by atoms with E-state index < -0.39 is 5.97 Å². The first-order chi connectivity index (χ1) is 9.10. The monoisotopic (exact) mass is 283 g/mol. The van der Waals surface area contributed by atoms with Crippen LogP contribution in [0.15, 0.2) is 11.4 Å². The van der Waals surface area contributed by atoms with Crippen molar-refractivity contribution in [2.75, 3.05) is 18.8 Å². The van der Waals surface area contributed by atoms with E-state index in [4.69, 9.17) is 5.11 Å². The molecule has 0 amide bonds. The van der Waals surface area contributed by atoms with Gasteiger partial charge in [0.15, 0.2) is 5.16 Å². The Hall–Kier alpha value is -1.01. The second kappa shape index (κ2) is 6.43. The first-order valence-electron chi connectivity index (χ1n) is 6.72. The molecule has 1 aromatic heterocycles. The predicted octanol–water partition coefficient (Wildman–Crippen LogP) is 1.85. The fraction of sp³-hybridized carbons (Fsp3) is 0.692. The van der Waals surface area contributed by atoms with Crippen LogP contribution < -0.4 is 0 Å². The average molecular weight is 283 g/mol. The number of carboxylic acids is 1. The van der Waals surface area contributed by atoms with E-state index in [9.17, 15) is 4.79 Å². The number of likely N-dealkylation sites (tertiary alicyclic amines) is 1. The number of hydrogen-bond acceptors (Lipinski definition) is 4. The Morgan fingerprint density at radius 1 is 1.63 bits per heavy atom. The summed E-state index contributed by atoms with van der Waals surface area (Å²) < 4.78 is 2.11. The molecule has 6 heteroatoms. The largest absolute Gasteiger partial charge is 0.481 e. The minimum Gasteiger partial charge on any atom is -0.481 e. The summed E-state index contributed by atoms with van der Waals surface area (Å²) in [6.07, 6.45) is 4.49. The Morgan fingerprint density at radius 3 is 3.11 bits per heavy atom. The van der Waals surface area contributed by atoms with Crippen LogP contribution in [-0.2, 0) is 11.3 Å². The van der Waals surface area contributed by atoms with Crippen molar-refractivity contribution in [1.82, 2.24) is 14.5 Å². The van der Waals surface area contributed by atoms with Crippen LogP contribution in [0.2, 0.25) is 0 Å². The topological polar surface area (TPSA) is 58.4 Å². The van der Waals surface area contributed by atoms with Gasteiger partial charge >= 0.3 is 5.97 Å². The summed E-state index contributed by atoms with van der Waals surface area (Å²) in [5.41, 5.74) is 0.953. The molecule has 0 bridgehead atoms. The maximum Gasteiger partial charge on any atom is 0.313 e. The fourth-order valence-electron chi connectivity index (χ4n) is 2.64. The molecule has 1 saturated heterocycles. The Bertz CT molecular complexity index is 447. The van der Waals surface area contributed by atoms with E-state index in [1.807, 2.05) is 13.1 Å². The van der Waals surface area contributed by atoms with Crippen molar-refractivity contribution in [3.05, 3.63) is 11.9 Å². The predicted molar refractivity (Wildman–Crippen MR) is 75.6 cm³/mol. The Kier molecular flexibility index (Phi) is 4.87. The van der Waals surface area contributed by atoms with Crippen LogP contribution in [-0.4, -0.2) is 50.4 Å². The van der Waals surface area contributed by atoms with Crippen LogP contribution in [0.4, 0.5) is 0 Å². The molecule has 1 unspecified atom stereocenters. The van der Waals surface area contributed by atoms with E-state index >= 15 is 0 Å². The van der Waals surface area contributed by atoms with Crippen LogP contribution in [0.3, 0.4) is 0 Å². The number of thioether (sulfide) groups is 1. The van der Waals surface area contributed by atoms with E-state index in [0.717, 1.165) is 23.9 Å². The zero-order valence-corrected chi connectivity index (χ0v) is 12.3. The van der Waals surface area contributed by atoms with Gasteiger partial charge in [0.05, 0.1) is 11.4 Å². The Balaban J connectivity index is 2.04. The van der Waals surface area contributed by atoms with Gasteiger partial charge < -0.3 is 9.67 Å². The molecule has 2 heterocycles. The van der Waals surface area contributed by atoms with E-state index in [1.165, 1.54) is 31.1 Å². The number of imidazole rings is 1. The van der Waals surface area contributed by atoms with E-state index in [1.54, 1.807) is 0 Å². The van der Waals surface area contributed by atoms with Crippen molar-refractivity contribution < 1.29 is 9.90 Å². The van der Waals surface area contributed by atoms with Gasteiger partial charge in [-0.1, -0.05) is 18.7 Å². The lowest BCUT2D eigenvalue weighted by molar-refractivity contribution is -0.133. The third-order valence-corrected chi connectivity index (χ3v) is 4.47. The lowest BCUT2D eigenvalue weighted by atomic mass is 10.2. The molecular weight excluding hydrogens is 262 g/mol. The van der Waals surface area contributed by atoms with Gasteiger partial charge in [-0.2, -0.15) is 0 Å². The molecule has 1 aromatic rings. The summed E-state index contributed by atoms with van der Waals surface area (Å²) in [7, 11) is 0. The SMILES string of the molecule is CCN1CCCC1Cn1cc(C)nc1SCC(=O)O. The van der Waals surface area contributed by atoms with E-state index in [-0.39, 0.29) is 5.75 Å². The highest BCUT2D eigenvalue weighted by Gasteiger charge is 2.24. The molecule has 1 atom stereocenters. The summed E-state index contributed by atoms with van der Waals surface area (Å²) >= 11 is 1.30. The zero-order chi connectivity index (χ0) is 13.8. The van der Waals surface area contributed by atoms with Gasteiger partial charge in [-0.15, -0.1) is 0 Å². The molecule has 0 saturated carbocycles. The number of aromatic nitrogens is 2. The average Bonchev–Trinajstić information content (AvgIpc) is 2.93. The van der Waals surface area contributed by atoms with E-state index in [2.05, 4.69) is 21.4 Å². The summed E-state index contributed by atoms with van der Waals surface area (Å²) in [6, 6.07) is 0.558. The first kappa shape index (κ1) is 14.4. The van der Waals surface area contributed by atoms with Gasteiger partial charge in [-0.05, 0) is 32.9 Å². The number of hydrogen-bond donors (Lipinski definition) is 1. The molecule has 19 heavy (non-hydrogen) atoms. The number of carboxylic acid groups (broad SMARTS) is 1. The summed E-state index contributed by atoms with van der Waals surface area (Å²) in [4.78, 5) is 17.6. The third kappa shape index (κ3) is 3.73. The number of nitrogens with zero attached hydrogens (tertiary/aromatic N) is 3. The molecular formula is C13H21N3O2S. The highest BCUT2D eigenvalue weighted by atomic mass is 32.2. The van der Waals surface area contributed by atoms with E-state index in [0.29, 0.717) is 6.04 Å². The minimum absolute atomic E-state index is 0.0681. The molecule has 2 rings (SSSR count). The molecule has 106 valence electrons. The Labute approximate surface area is 118 Å². The van der Waals surface area contributed by atoms with Crippen molar-refractivity contribution in [2.45, 2.75) is 44.4 Å². The van der Waals surface area contributed by atoms with Crippen LogP contribution in [0.5, 0.6) is 0 Å². The normalized spacial score (nSPS) is 20.0. The van der Waals surface area contributed by atoms with Crippen molar-refractivity contribution in [3.8, 4) is 0 Å². The molecule has 0 spiro atoms. The fourth-order valence-corrected chi connectivity index (χ4v) is 3.40. The molecule has 1 aliphatic heterocycles. The van der Waals surface area contributed by atoms with Crippen molar-refractivity contribution in [3.63, 3.8) is 0 Å². The smallest absolute Gasteiger partial charge is 0.313 e. The highest BCUT2D eigenvalue weighted by Crippen LogP contribution is 2.23. The van der Waals surface area contributed by atoms with Gasteiger partial charge in [0.2, 0.25) is 0 Å². The van der Waals surface area contributed by atoms with Crippen LogP contribution >= 0.6 is 11.8 Å². The second-order valence-corrected chi connectivity index (χ2v) is 5.87. The molecule has 1 fully saturated rings. The summed E-state index contributed by atoms with van der Waals surface area (Å²) in [6.45, 7) is 7.31. The number of rotatable bonds is 6. The number of carbonyl (C=O) groups is 1. The molecule has 0 aliphatic carbocycles. The lowest BCUT2D eigenvalue weighted by Gasteiger charge is -2.23. The van der Waals surface area contributed by atoms with Crippen molar-refractivity contribution in [1.29, 1.82) is 0 Å². The van der Waals surface area contributed by atoms with Gasteiger partial charge in [-0.3, -0.25) is 9.69 Å². The standard InChI is InChI=1S/C13H21N3O2S/c1-3-15-6-4-5-11(15)8-16-7-10(2)14-13(16)19-9-12(17)18/h7,11H,3-6,8-9H2,1-2H3,(H,17,18). The molecule has 0 aromatic carbocycles. The number of aliphatic carboxylic acids is 1. The van der Waals surface area contributed by atoms with Gasteiger partial charge in [0, 0.05) is 18.8 Å². The number of likely N-dealkylation sites (N-methyl/N-ethyl adjacent to an activating group) is 1. The zero-order valence-electron chi connectivity index (χ0n) is 11.5. The summed E-state index contributed by atoms with van der Waals surface area (Å²) in [5, 5.41) is 9.59. The van der Waals surface area contributed by atoms with Crippen LogP contribution in [0.1, 0.15) is 25.5 Å². The second-order valence-electron chi connectivity index (χ2n) is 4.92. The lowest BCUT2D eigenvalue weighted by Crippen LogP contribution is -2.32. The maximum absolute atomic E-state index is 10.7. The molecule has 1 N–H and O–H groups in total. The quantitative estimate of drug-likeness (QED) is 0.807. The Morgan fingerprint density at radius 2 is 2.42 bits per heavy atom. The first-order valence-corrected chi connectivity index (χ1v) is 7.71. The molecule has 5 nitrogen and oxygen atoms in total. The molecule has 1 aliphatic rings. The number of aryl methyl sites for hydroxylation is 1. The van der Waals surface area contributed by atoms with Crippen molar-refractivity contribution >= 4 is 17.7 Å². The van der Waals surface area contributed by atoms with Crippen molar-refractivity contribution in [2.24, 2.45) is 0 Å². The highest BCUT2D eigenvalue weighted by molar-refractivity contribution is 7.99. The minimum atomic E-state index is -0.798. The summed E-state index contributed by atoms with van der Waals surface area (Å²) in [5.74, 6) is -0.730. The van der Waals surface area contributed by atoms with Crippen LogP contribution in [0, 0.1) is 6.92 Å². The third-order valence-electron chi connectivity index (χ3n) is 3.50. The molecule has 0 radical (unpaired) electrons.